The summed E-state index contributed by atoms with van der Waals surface area (Å²) in [5.41, 5.74) is 1.32. The third-order valence-electron chi connectivity index (χ3n) is 3.95. The van der Waals surface area contributed by atoms with Gasteiger partial charge < -0.3 is 14.3 Å². The van der Waals surface area contributed by atoms with Crippen LogP contribution in [0.3, 0.4) is 0 Å². The van der Waals surface area contributed by atoms with Crippen molar-refractivity contribution in [2.24, 2.45) is 11.1 Å². The van der Waals surface area contributed by atoms with E-state index < -0.39 is 12.0 Å². The molecule has 0 aromatic heterocycles. The lowest BCUT2D eigenvalue weighted by atomic mass is 9.90. The summed E-state index contributed by atoms with van der Waals surface area (Å²) in [5, 5.41) is 3.98. The number of rotatable bonds is 6. The number of nitrogens with zero attached hydrogens (tertiary/aromatic N) is 1. The van der Waals surface area contributed by atoms with E-state index >= 15 is 0 Å². The standard InChI is InChI=1S/C19H19NO4/c1-13-18(19(21)14-7-4-3-5-8-14)17(24-20-13)12-23-16-10-6-9-15(11-16)22-2/h3-11,17-18H,12H2,1-2H3/t17?,18-/m0/s1. The molecule has 1 heterocycles. The summed E-state index contributed by atoms with van der Waals surface area (Å²) in [6.07, 6.45) is -0.441. The highest BCUT2D eigenvalue weighted by Crippen LogP contribution is 2.25. The molecule has 1 aliphatic heterocycles. The van der Waals surface area contributed by atoms with Crippen LogP contribution in [-0.2, 0) is 4.84 Å². The molecule has 2 aromatic rings. The number of carbonyl (C=O) groups excluding carboxylic acids is 1. The number of benzene rings is 2. The molecule has 5 heteroatoms. The van der Waals surface area contributed by atoms with Crippen molar-refractivity contribution in [3.63, 3.8) is 0 Å². The van der Waals surface area contributed by atoms with E-state index in [9.17, 15) is 4.79 Å². The van der Waals surface area contributed by atoms with Gasteiger partial charge in [0.05, 0.1) is 12.8 Å². The van der Waals surface area contributed by atoms with Crippen LogP contribution < -0.4 is 9.47 Å². The number of ketones is 1. The normalized spacial score (nSPS) is 19.3. The molecule has 1 unspecified atom stereocenters. The molecule has 0 fully saturated rings. The second-order valence-corrected chi connectivity index (χ2v) is 5.57. The van der Waals surface area contributed by atoms with Gasteiger partial charge in [-0.05, 0) is 19.1 Å². The van der Waals surface area contributed by atoms with Crippen LogP contribution in [0, 0.1) is 5.92 Å². The lowest BCUT2D eigenvalue weighted by Crippen LogP contribution is -2.34. The fourth-order valence-electron chi connectivity index (χ4n) is 2.67. The second-order valence-electron chi connectivity index (χ2n) is 5.57. The molecule has 0 saturated carbocycles. The Morgan fingerprint density at radius 2 is 1.88 bits per heavy atom. The molecule has 0 amide bonds. The summed E-state index contributed by atoms with van der Waals surface area (Å²) in [7, 11) is 1.60. The number of methoxy groups -OCH3 is 1. The van der Waals surface area contributed by atoms with Crippen molar-refractivity contribution in [2.45, 2.75) is 13.0 Å². The Morgan fingerprint density at radius 3 is 2.62 bits per heavy atom. The Balaban J connectivity index is 1.70. The first-order chi connectivity index (χ1) is 11.7. The molecule has 0 N–H and O–H groups in total. The lowest BCUT2D eigenvalue weighted by molar-refractivity contribution is 0.0253. The van der Waals surface area contributed by atoms with Crippen molar-refractivity contribution >= 4 is 11.5 Å². The Kier molecular flexibility index (Phi) is 4.79. The van der Waals surface area contributed by atoms with E-state index in [1.165, 1.54) is 0 Å². The van der Waals surface area contributed by atoms with Gasteiger partial charge in [-0.3, -0.25) is 4.79 Å². The van der Waals surface area contributed by atoms with Crippen LogP contribution in [0.15, 0.2) is 59.8 Å². The van der Waals surface area contributed by atoms with E-state index in [-0.39, 0.29) is 12.4 Å². The number of hydrogen-bond donors (Lipinski definition) is 0. The molecule has 3 rings (SSSR count). The first kappa shape index (κ1) is 16.1. The summed E-state index contributed by atoms with van der Waals surface area (Å²) in [5.74, 6) is 0.934. The fourth-order valence-corrected chi connectivity index (χ4v) is 2.67. The molecule has 1 aliphatic rings. The smallest absolute Gasteiger partial charge is 0.176 e. The van der Waals surface area contributed by atoms with Crippen molar-refractivity contribution in [3.05, 3.63) is 60.2 Å². The molecule has 124 valence electrons. The molecule has 0 aliphatic carbocycles. The topological polar surface area (TPSA) is 57.1 Å². The molecule has 2 atom stereocenters. The van der Waals surface area contributed by atoms with Gasteiger partial charge in [0.1, 0.15) is 24.0 Å². The molecular weight excluding hydrogens is 306 g/mol. The van der Waals surface area contributed by atoms with Gasteiger partial charge in [-0.1, -0.05) is 41.6 Å². The Bertz CT molecular complexity index is 742. The SMILES string of the molecule is COc1cccc(OCC2ON=C(C)[C@@H]2C(=O)c2ccccc2)c1. The minimum absolute atomic E-state index is 0.00593. The highest BCUT2D eigenvalue weighted by Gasteiger charge is 2.38. The van der Waals surface area contributed by atoms with Gasteiger partial charge in [-0.25, -0.2) is 0 Å². The number of oxime groups is 1. The van der Waals surface area contributed by atoms with Gasteiger partial charge in [0.15, 0.2) is 11.9 Å². The van der Waals surface area contributed by atoms with Crippen molar-refractivity contribution in [1.82, 2.24) is 0 Å². The average Bonchev–Trinajstić information content (AvgIpc) is 3.01. The maximum atomic E-state index is 12.7. The summed E-state index contributed by atoms with van der Waals surface area (Å²) < 4.78 is 10.9. The molecule has 0 spiro atoms. The van der Waals surface area contributed by atoms with Crippen molar-refractivity contribution in [1.29, 1.82) is 0 Å². The van der Waals surface area contributed by atoms with E-state index in [2.05, 4.69) is 5.16 Å². The van der Waals surface area contributed by atoms with E-state index in [0.29, 0.717) is 22.8 Å². The van der Waals surface area contributed by atoms with Crippen molar-refractivity contribution in [3.8, 4) is 11.5 Å². The van der Waals surface area contributed by atoms with Gasteiger partial charge in [-0.15, -0.1) is 0 Å². The molecule has 0 saturated heterocycles. The number of hydrogen-bond acceptors (Lipinski definition) is 5. The van der Waals surface area contributed by atoms with Crippen LogP contribution in [0.1, 0.15) is 17.3 Å². The summed E-state index contributed by atoms with van der Waals surface area (Å²) in [4.78, 5) is 18.2. The van der Waals surface area contributed by atoms with Crippen LogP contribution in [0.25, 0.3) is 0 Å². The van der Waals surface area contributed by atoms with Crippen molar-refractivity contribution in [2.75, 3.05) is 13.7 Å². The number of carbonyl (C=O) groups is 1. The van der Waals surface area contributed by atoms with E-state index in [1.54, 1.807) is 32.2 Å². The quantitative estimate of drug-likeness (QED) is 0.764. The van der Waals surface area contributed by atoms with Crippen LogP contribution in [-0.4, -0.2) is 31.3 Å². The average molecular weight is 325 g/mol. The monoisotopic (exact) mass is 325 g/mol. The van der Waals surface area contributed by atoms with Gasteiger partial charge in [0.25, 0.3) is 0 Å². The van der Waals surface area contributed by atoms with Crippen LogP contribution >= 0.6 is 0 Å². The zero-order valence-electron chi connectivity index (χ0n) is 13.6. The molecule has 2 aromatic carbocycles. The summed E-state index contributed by atoms with van der Waals surface area (Å²) >= 11 is 0. The van der Waals surface area contributed by atoms with Crippen LogP contribution in [0.4, 0.5) is 0 Å². The number of ether oxygens (including phenoxy) is 2. The van der Waals surface area contributed by atoms with Crippen LogP contribution in [0.2, 0.25) is 0 Å². The Hall–Kier alpha value is -2.82. The zero-order valence-corrected chi connectivity index (χ0v) is 13.6. The third kappa shape index (κ3) is 3.40. The minimum Gasteiger partial charge on any atom is -0.497 e. The third-order valence-corrected chi connectivity index (χ3v) is 3.95. The maximum Gasteiger partial charge on any atom is 0.176 e. The van der Waals surface area contributed by atoms with Crippen LogP contribution in [0.5, 0.6) is 11.5 Å². The largest absolute Gasteiger partial charge is 0.497 e. The van der Waals surface area contributed by atoms with Gasteiger partial charge in [-0.2, -0.15) is 0 Å². The maximum absolute atomic E-state index is 12.7. The fraction of sp³-hybridized carbons (Fsp3) is 0.263. The summed E-state index contributed by atoms with van der Waals surface area (Å²) in [6, 6.07) is 16.5. The minimum atomic E-state index is -0.441. The molecule has 0 radical (unpaired) electrons. The summed E-state index contributed by atoms with van der Waals surface area (Å²) in [6.45, 7) is 2.04. The van der Waals surface area contributed by atoms with E-state index in [4.69, 9.17) is 14.3 Å². The number of Topliss-reactive ketones (excluding diaryl/α,β-unsaturated/α-hetero) is 1. The predicted molar refractivity (Wildman–Crippen MR) is 90.7 cm³/mol. The molecule has 5 nitrogen and oxygen atoms in total. The van der Waals surface area contributed by atoms with Gasteiger partial charge in [0, 0.05) is 11.6 Å². The zero-order chi connectivity index (χ0) is 16.9. The lowest BCUT2D eigenvalue weighted by Gasteiger charge is -2.18. The second kappa shape index (κ2) is 7.17. The van der Waals surface area contributed by atoms with Crippen molar-refractivity contribution < 1.29 is 19.1 Å². The first-order valence-electron chi connectivity index (χ1n) is 7.75. The van der Waals surface area contributed by atoms with E-state index in [0.717, 1.165) is 0 Å². The highest BCUT2D eigenvalue weighted by atomic mass is 16.7. The Labute approximate surface area is 140 Å². The molecule has 24 heavy (non-hydrogen) atoms. The molecule has 0 bridgehead atoms. The molecular formula is C19H19NO4. The van der Waals surface area contributed by atoms with Gasteiger partial charge in [0.2, 0.25) is 0 Å². The first-order valence-corrected chi connectivity index (χ1v) is 7.75. The Morgan fingerprint density at radius 1 is 1.12 bits per heavy atom. The van der Waals surface area contributed by atoms with Gasteiger partial charge >= 0.3 is 0 Å². The predicted octanol–water partition coefficient (Wildman–Crippen LogP) is 3.35. The highest BCUT2D eigenvalue weighted by molar-refractivity contribution is 6.12. The van der Waals surface area contributed by atoms with E-state index in [1.807, 2.05) is 36.4 Å².